The standard InChI is InChI=1S/C22H29N3O3/c1-15(24-25-21(27)14-28-19-5-3-2-4-6-19)7-20(26)23-22-11-16-8-17(12-22)10-18(9-16)13-22/h2-6,16-18H,7-14H2,1H3,(H,23,26)(H,25,27). The van der Waals surface area contributed by atoms with E-state index in [4.69, 9.17) is 4.74 Å². The van der Waals surface area contributed by atoms with Crippen molar-refractivity contribution in [3.63, 3.8) is 0 Å². The predicted octanol–water partition coefficient (Wildman–Crippen LogP) is 3.03. The fraction of sp³-hybridized carbons (Fsp3) is 0.591. The molecular weight excluding hydrogens is 354 g/mol. The summed E-state index contributed by atoms with van der Waals surface area (Å²) in [6.07, 6.45) is 7.67. The monoisotopic (exact) mass is 383 g/mol. The molecular formula is C22H29N3O3. The summed E-state index contributed by atoms with van der Waals surface area (Å²) in [6, 6.07) is 9.15. The van der Waals surface area contributed by atoms with Gasteiger partial charge in [0.15, 0.2) is 6.61 Å². The second-order valence-corrected chi connectivity index (χ2v) is 8.91. The maximum absolute atomic E-state index is 12.6. The number of ether oxygens (including phenoxy) is 1. The predicted molar refractivity (Wildman–Crippen MR) is 107 cm³/mol. The molecule has 2 N–H and O–H groups in total. The molecule has 1 aromatic carbocycles. The molecule has 0 atom stereocenters. The highest BCUT2D eigenvalue weighted by atomic mass is 16.5. The van der Waals surface area contributed by atoms with Gasteiger partial charge >= 0.3 is 0 Å². The zero-order valence-electron chi connectivity index (χ0n) is 16.4. The maximum atomic E-state index is 12.6. The van der Waals surface area contributed by atoms with E-state index in [0.29, 0.717) is 11.5 Å². The summed E-state index contributed by atoms with van der Waals surface area (Å²) in [7, 11) is 0. The number of nitrogens with one attached hydrogen (secondary N) is 2. The number of benzene rings is 1. The van der Waals surface area contributed by atoms with Crippen LogP contribution >= 0.6 is 0 Å². The van der Waals surface area contributed by atoms with Crippen molar-refractivity contribution < 1.29 is 14.3 Å². The first-order valence-corrected chi connectivity index (χ1v) is 10.3. The topological polar surface area (TPSA) is 79.8 Å². The van der Waals surface area contributed by atoms with Gasteiger partial charge < -0.3 is 10.1 Å². The van der Waals surface area contributed by atoms with E-state index in [2.05, 4.69) is 15.8 Å². The molecule has 150 valence electrons. The molecule has 0 aromatic heterocycles. The first-order chi connectivity index (χ1) is 13.5. The van der Waals surface area contributed by atoms with Gasteiger partial charge in [0.25, 0.3) is 5.91 Å². The Balaban J connectivity index is 1.22. The largest absolute Gasteiger partial charge is 0.484 e. The number of hydrazone groups is 1. The van der Waals surface area contributed by atoms with Crippen LogP contribution in [-0.4, -0.2) is 29.7 Å². The molecule has 4 aliphatic rings. The Morgan fingerprint density at radius 1 is 1.04 bits per heavy atom. The summed E-state index contributed by atoms with van der Waals surface area (Å²) >= 11 is 0. The molecule has 4 saturated carbocycles. The molecule has 28 heavy (non-hydrogen) atoms. The van der Waals surface area contributed by atoms with Crippen molar-refractivity contribution in [1.82, 2.24) is 10.7 Å². The van der Waals surface area contributed by atoms with E-state index in [-0.39, 0.29) is 30.4 Å². The Morgan fingerprint density at radius 2 is 1.64 bits per heavy atom. The van der Waals surface area contributed by atoms with E-state index >= 15 is 0 Å². The van der Waals surface area contributed by atoms with E-state index in [1.807, 2.05) is 18.2 Å². The Labute approximate surface area is 166 Å². The fourth-order valence-electron chi connectivity index (χ4n) is 5.73. The van der Waals surface area contributed by atoms with Gasteiger partial charge in [-0.25, -0.2) is 5.43 Å². The van der Waals surface area contributed by atoms with E-state index in [0.717, 1.165) is 37.0 Å². The van der Waals surface area contributed by atoms with Crippen LogP contribution in [0.3, 0.4) is 0 Å². The van der Waals surface area contributed by atoms with Crippen molar-refractivity contribution in [2.45, 2.75) is 57.4 Å². The number of rotatable bonds is 7. The van der Waals surface area contributed by atoms with Crippen LogP contribution in [-0.2, 0) is 9.59 Å². The van der Waals surface area contributed by atoms with Crippen LogP contribution in [0.15, 0.2) is 35.4 Å². The lowest BCUT2D eigenvalue weighted by molar-refractivity contribution is -0.126. The second kappa shape index (κ2) is 7.94. The highest BCUT2D eigenvalue weighted by molar-refractivity contribution is 6.00. The van der Waals surface area contributed by atoms with Crippen LogP contribution in [0.5, 0.6) is 5.75 Å². The molecule has 6 heteroatoms. The molecule has 6 nitrogen and oxygen atoms in total. The lowest BCUT2D eigenvalue weighted by Gasteiger charge is -2.56. The van der Waals surface area contributed by atoms with Crippen LogP contribution in [0.4, 0.5) is 0 Å². The van der Waals surface area contributed by atoms with Crippen LogP contribution in [0.1, 0.15) is 51.9 Å². The third-order valence-corrected chi connectivity index (χ3v) is 6.34. The number of para-hydroxylation sites is 1. The Morgan fingerprint density at radius 3 is 2.25 bits per heavy atom. The number of nitrogens with zero attached hydrogens (tertiary/aromatic N) is 1. The van der Waals surface area contributed by atoms with Crippen LogP contribution in [0.25, 0.3) is 0 Å². The normalized spacial score (nSPS) is 30.8. The molecule has 0 aliphatic heterocycles. The van der Waals surface area contributed by atoms with Gasteiger partial charge in [-0.05, 0) is 75.3 Å². The average Bonchev–Trinajstić information content (AvgIpc) is 2.64. The van der Waals surface area contributed by atoms with Crippen LogP contribution in [0.2, 0.25) is 0 Å². The Kier molecular flexibility index (Phi) is 5.38. The molecule has 0 radical (unpaired) electrons. The van der Waals surface area contributed by atoms with E-state index in [1.165, 1.54) is 19.3 Å². The zero-order valence-corrected chi connectivity index (χ0v) is 16.4. The van der Waals surface area contributed by atoms with Gasteiger partial charge in [0.05, 0.1) is 6.42 Å². The van der Waals surface area contributed by atoms with Gasteiger partial charge in [-0.15, -0.1) is 0 Å². The minimum atomic E-state index is -0.343. The number of hydrogen-bond acceptors (Lipinski definition) is 4. The molecule has 0 unspecified atom stereocenters. The summed E-state index contributed by atoms with van der Waals surface area (Å²) in [6.45, 7) is 1.65. The molecule has 5 rings (SSSR count). The van der Waals surface area contributed by atoms with Gasteiger partial charge in [0.1, 0.15) is 5.75 Å². The summed E-state index contributed by atoms with van der Waals surface area (Å²) < 4.78 is 5.38. The van der Waals surface area contributed by atoms with Gasteiger partial charge in [-0.3, -0.25) is 9.59 Å². The van der Waals surface area contributed by atoms with E-state index in [1.54, 1.807) is 19.1 Å². The van der Waals surface area contributed by atoms with Crippen LogP contribution in [0, 0.1) is 17.8 Å². The van der Waals surface area contributed by atoms with Gasteiger partial charge in [0, 0.05) is 11.3 Å². The molecule has 4 fully saturated rings. The quantitative estimate of drug-likeness (QED) is 0.561. The van der Waals surface area contributed by atoms with Crippen molar-refractivity contribution in [2.75, 3.05) is 6.61 Å². The third kappa shape index (κ3) is 4.54. The van der Waals surface area contributed by atoms with Crippen LogP contribution < -0.4 is 15.5 Å². The van der Waals surface area contributed by atoms with Gasteiger partial charge in [-0.2, -0.15) is 5.10 Å². The molecule has 4 bridgehead atoms. The number of hydrogen-bond donors (Lipinski definition) is 2. The lowest BCUT2D eigenvalue weighted by Crippen LogP contribution is -2.60. The Hall–Kier alpha value is -2.37. The summed E-state index contributed by atoms with van der Waals surface area (Å²) in [5.41, 5.74) is 3.07. The smallest absolute Gasteiger partial charge is 0.277 e. The average molecular weight is 383 g/mol. The van der Waals surface area contributed by atoms with Crippen molar-refractivity contribution in [3.8, 4) is 5.75 Å². The SMILES string of the molecule is CC(CC(=O)NC12CC3CC(CC(C3)C1)C2)=NNC(=O)COc1ccccc1. The van der Waals surface area contributed by atoms with Crippen molar-refractivity contribution >= 4 is 17.5 Å². The summed E-state index contributed by atoms with van der Waals surface area (Å²) in [5.74, 6) is 2.69. The minimum Gasteiger partial charge on any atom is -0.484 e. The number of amides is 2. The van der Waals surface area contributed by atoms with Crippen molar-refractivity contribution in [3.05, 3.63) is 30.3 Å². The summed E-state index contributed by atoms with van der Waals surface area (Å²) in [4.78, 5) is 24.4. The lowest BCUT2D eigenvalue weighted by atomic mass is 9.53. The molecule has 0 spiro atoms. The van der Waals surface area contributed by atoms with Crippen molar-refractivity contribution in [1.29, 1.82) is 0 Å². The third-order valence-electron chi connectivity index (χ3n) is 6.34. The van der Waals surface area contributed by atoms with Crippen molar-refractivity contribution in [2.24, 2.45) is 22.9 Å². The van der Waals surface area contributed by atoms with E-state index in [9.17, 15) is 9.59 Å². The van der Waals surface area contributed by atoms with Gasteiger partial charge in [-0.1, -0.05) is 18.2 Å². The second-order valence-electron chi connectivity index (χ2n) is 8.91. The molecule has 4 aliphatic carbocycles. The zero-order chi connectivity index (χ0) is 19.6. The molecule has 2 amide bonds. The van der Waals surface area contributed by atoms with Gasteiger partial charge in [0.2, 0.25) is 5.91 Å². The minimum absolute atomic E-state index is 0.0120. The first kappa shape index (κ1) is 19.0. The fourth-order valence-corrected chi connectivity index (χ4v) is 5.73. The van der Waals surface area contributed by atoms with E-state index < -0.39 is 0 Å². The molecule has 1 aromatic rings. The number of carbonyl (C=O) groups is 2. The highest BCUT2D eigenvalue weighted by Gasteiger charge is 2.51. The number of carbonyl (C=O) groups excluding carboxylic acids is 2. The maximum Gasteiger partial charge on any atom is 0.277 e. The molecule has 0 heterocycles. The first-order valence-electron chi connectivity index (χ1n) is 10.3. The summed E-state index contributed by atoms with van der Waals surface area (Å²) in [5, 5.41) is 7.38. The molecule has 0 saturated heterocycles. The Bertz CT molecular complexity index is 724. The highest BCUT2D eigenvalue weighted by Crippen LogP contribution is 2.55.